The number of hydrogen-bond acceptors (Lipinski definition) is 2. The van der Waals surface area contributed by atoms with Crippen molar-refractivity contribution in [3.05, 3.63) is 0 Å². The molecule has 0 saturated heterocycles. The third-order valence-electron chi connectivity index (χ3n) is 4.47. The molecule has 0 aliphatic heterocycles. The average Bonchev–Trinajstić information content (AvgIpc) is 2.42. The van der Waals surface area contributed by atoms with Gasteiger partial charge in [0.25, 0.3) is 0 Å². The molecule has 2 nitrogen and oxygen atoms in total. The lowest BCUT2D eigenvalue weighted by Gasteiger charge is -2.43. The smallest absolute Gasteiger partial charge is 0.0394 e. The van der Waals surface area contributed by atoms with Gasteiger partial charge in [0.2, 0.25) is 0 Å². The summed E-state index contributed by atoms with van der Waals surface area (Å²) in [5.74, 6) is 0. The van der Waals surface area contributed by atoms with Crippen molar-refractivity contribution in [3.63, 3.8) is 0 Å². The zero-order valence-corrected chi connectivity index (χ0v) is 19.5. The largest absolute Gasteiger partial charge is 0.270 e. The summed E-state index contributed by atoms with van der Waals surface area (Å²) in [6.07, 6.45) is 4.19. The molecule has 0 aliphatic carbocycles. The van der Waals surface area contributed by atoms with Gasteiger partial charge in [-0.15, -0.1) is 0 Å². The van der Waals surface area contributed by atoms with E-state index < -0.39 is 0 Å². The first-order valence-electron chi connectivity index (χ1n) is 9.57. The Hall–Kier alpha value is 0.780. The molecule has 140 valence electrons. The molecule has 0 bridgehead atoms. The molecule has 0 radical (unpaired) electrons. The summed E-state index contributed by atoms with van der Waals surface area (Å²) in [7, 11) is -0.0689. The molecule has 0 saturated carbocycles. The van der Waals surface area contributed by atoms with Gasteiger partial charge in [0.05, 0.1) is 0 Å². The second-order valence-electron chi connectivity index (χ2n) is 8.22. The minimum absolute atomic E-state index is 0.0443. The predicted molar refractivity (Wildman–Crippen MR) is 114 cm³/mol. The highest BCUT2D eigenvalue weighted by Gasteiger charge is 2.34. The Morgan fingerprint density at radius 2 is 0.957 bits per heavy atom. The van der Waals surface area contributed by atoms with E-state index in [4.69, 9.17) is 0 Å². The van der Waals surface area contributed by atoms with Gasteiger partial charge < -0.3 is 0 Å². The van der Waals surface area contributed by atoms with Crippen LogP contribution >= 0.6 is 16.1 Å². The van der Waals surface area contributed by atoms with Gasteiger partial charge >= 0.3 is 0 Å². The highest BCUT2D eigenvalue weighted by molar-refractivity contribution is 7.60. The molecule has 0 fully saturated rings. The van der Waals surface area contributed by atoms with E-state index >= 15 is 0 Å². The van der Waals surface area contributed by atoms with Crippen LogP contribution in [0.5, 0.6) is 0 Å². The lowest BCUT2D eigenvalue weighted by molar-refractivity contribution is 0.422. The fraction of sp³-hybridized carbons (Fsp3) is 1.00. The van der Waals surface area contributed by atoms with E-state index in [0.29, 0.717) is 10.3 Å². The number of nitrogens with zero attached hydrogens (tertiary/aromatic N) is 2. The monoisotopic (exact) mass is 362 g/mol. The lowest BCUT2D eigenvalue weighted by Crippen LogP contribution is -2.31. The molecule has 4 heteroatoms. The topological polar surface area (TPSA) is 6.48 Å². The van der Waals surface area contributed by atoms with Crippen molar-refractivity contribution < 1.29 is 0 Å². The standard InChI is InChI=1S/C19H44N2P2/c1-11-20(12-2)23(21(13-3)14-4)17-15-16-22(18(5,6)7)19(8,9)10/h11-17H2,1-10H3. The van der Waals surface area contributed by atoms with Crippen LogP contribution in [0.1, 0.15) is 75.7 Å². The normalized spacial score (nSPS) is 13.8. The van der Waals surface area contributed by atoms with Crippen LogP contribution in [-0.2, 0) is 0 Å². The van der Waals surface area contributed by atoms with Crippen molar-refractivity contribution in [1.82, 2.24) is 9.34 Å². The van der Waals surface area contributed by atoms with E-state index in [2.05, 4.69) is 78.6 Å². The highest BCUT2D eigenvalue weighted by atomic mass is 31.1. The molecule has 0 atom stereocenters. The second-order valence-corrected chi connectivity index (χ2v) is 14.5. The Morgan fingerprint density at radius 3 is 1.22 bits per heavy atom. The summed E-state index contributed by atoms with van der Waals surface area (Å²) >= 11 is 0. The van der Waals surface area contributed by atoms with Crippen LogP contribution < -0.4 is 0 Å². The zero-order chi connectivity index (χ0) is 18.3. The van der Waals surface area contributed by atoms with Crippen molar-refractivity contribution in [1.29, 1.82) is 0 Å². The molecule has 0 N–H and O–H groups in total. The van der Waals surface area contributed by atoms with Gasteiger partial charge in [-0.05, 0) is 29.1 Å². The lowest BCUT2D eigenvalue weighted by atomic mass is 10.2. The number of hydrogen-bond donors (Lipinski definition) is 0. The van der Waals surface area contributed by atoms with E-state index in [-0.39, 0.29) is 16.1 Å². The Bertz CT molecular complexity index is 273. The molecular weight excluding hydrogens is 318 g/mol. The molecule has 0 aromatic carbocycles. The summed E-state index contributed by atoms with van der Waals surface area (Å²) in [5.41, 5.74) is 0. The summed E-state index contributed by atoms with van der Waals surface area (Å²) < 4.78 is 5.41. The molecular formula is C19H44N2P2. The molecule has 0 unspecified atom stereocenters. The first kappa shape index (κ1) is 23.8. The SMILES string of the molecule is CCN(CC)P(CCCP(C(C)(C)C)C(C)(C)C)N(CC)CC. The van der Waals surface area contributed by atoms with Crippen LogP contribution in [-0.4, -0.2) is 58.2 Å². The Morgan fingerprint density at radius 1 is 0.609 bits per heavy atom. The fourth-order valence-electron chi connectivity index (χ4n) is 3.61. The van der Waals surface area contributed by atoms with Crippen molar-refractivity contribution in [2.24, 2.45) is 0 Å². The maximum absolute atomic E-state index is 2.71. The molecule has 23 heavy (non-hydrogen) atoms. The van der Waals surface area contributed by atoms with Gasteiger partial charge in [-0.1, -0.05) is 77.2 Å². The first-order valence-corrected chi connectivity index (χ1v) is 12.5. The molecule has 0 rings (SSSR count). The summed E-state index contributed by atoms with van der Waals surface area (Å²) in [6.45, 7) is 28.7. The van der Waals surface area contributed by atoms with Crippen LogP contribution in [0.3, 0.4) is 0 Å². The minimum Gasteiger partial charge on any atom is -0.270 e. The summed E-state index contributed by atoms with van der Waals surface area (Å²) in [6, 6.07) is 0. The van der Waals surface area contributed by atoms with Gasteiger partial charge in [-0.2, -0.15) is 0 Å². The van der Waals surface area contributed by atoms with Gasteiger partial charge in [-0.25, -0.2) is 0 Å². The van der Waals surface area contributed by atoms with Crippen LogP contribution in [0.15, 0.2) is 0 Å². The molecule has 0 amide bonds. The quantitative estimate of drug-likeness (QED) is 0.412. The van der Waals surface area contributed by atoms with E-state index in [1.54, 1.807) is 0 Å². The van der Waals surface area contributed by atoms with E-state index in [0.717, 1.165) is 0 Å². The summed E-state index contributed by atoms with van der Waals surface area (Å²) in [4.78, 5) is 0. The van der Waals surface area contributed by atoms with Crippen molar-refractivity contribution in [3.8, 4) is 0 Å². The van der Waals surface area contributed by atoms with Crippen molar-refractivity contribution in [2.75, 3.05) is 38.5 Å². The van der Waals surface area contributed by atoms with E-state index in [1.807, 2.05) is 0 Å². The van der Waals surface area contributed by atoms with Gasteiger partial charge in [0.1, 0.15) is 0 Å². The van der Waals surface area contributed by atoms with Gasteiger partial charge in [0, 0.05) is 34.4 Å². The van der Waals surface area contributed by atoms with Crippen molar-refractivity contribution >= 4 is 16.1 Å². The van der Waals surface area contributed by atoms with Crippen LogP contribution in [0.2, 0.25) is 0 Å². The van der Waals surface area contributed by atoms with E-state index in [9.17, 15) is 0 Å². The zero-order valence-electron chi connectivity index (χ0n) is 17.7. The fourth-order valence-corrected chi connectivity index (χ4v) is 10.4. The Balaban J connectivity index is 4.90. The predicted octanol–water partition coefficient (Wildman–Crippen LogP) is 6.45. The Kier molecular flexibility index (Phi) is 11.1. The average molecular weight is 363 g/mol. The van der Waals surface area contributed by atoms with Crippen LogP contribution in [0.4, 0.5) is 0 Å². The van der Waals surface area contributed by atoms with Crippen molar-refractivity contribution in [2.45, 2.75) is 86.0 Å². The molecule has 0 aromatic heterocycles. The van der Waals surface area contributed by atoms with Gasteiger partial charge in [-0.3, -0.25) is 9.34 Å². The Labute approximate surface area is 150 Å². The number of rotatable bonds is 10. The molecule has 0 spiro atoms. The van der Waals surface area contributed by atoms with E-state index in [1.165, 1.54) is 44.9 Å². The maximum atomic E-state index is 2.71. The molecule has 0 aromatic rings. The van der Waals surface area contributed by atoms with Crippen LogP contribution in [0, 0.1) is 0 Å². The third-order valence-corrected chi connectivity index (χ3v) is 11.6. The first-order chi connectivity index (χ1) is 10.5. The minimum atomic E-state index is -0.113. The highest BCUT2D eigenvalue weighted by Crippen LogP contribution is 2.60. The third kappa shape index (κ3) is 8.13. The summed E-state index contributed by atoms with van der Waals surface area (Å²) in [5, 5.41) is 0.918. The van der Waals surface area contributed by atoms with Gasteiger partial charge in [0.15, 0.2) is 0 Å². The second kappa shape index (κ2) is 10.7. The molecule has 0 aliphatic rings. The maximum Gasteiger partial charge on any atom is 0.0394 e. The molecule has 0 heterocycles. The van der Waals surface area contributed by atoms with Crippen LogP contribution in [0.25, 0.3) is 0 Å².